The number of aromatic nitrogens is 3. The van der Waals surface area contributed by atoms with E-state index in [2.05, 4.69) is 9.97 Å². The van der Waals surface area contributed by atoms with Crippen LogP contribution in [0, 0.1) is 0 Å². The number of hydrogen-bond donors (Lipinski definition) is 0. The number of fused-ring (bicyclic) bond motifs is 1. The Morgan fingerprint density at radius 2 is 1.58 bits per heavy atom. The quantitative estimate of drug-likeness (QED) is 0.542. The Hall–Kier alpha value is -3.47. The SMILES string of the molecule is O=C(Oc1cc2ccccc2n1-c1ncccn1)c1ccccc1. The van der Waals surface area contributed by atoms with Crippen molar-refractivity contribution in [3.63, 3.8) is 0 Å². The summed E-state index contributed by atoms with van der Waals surface area (Å²) < 4.78 is 7.35. The fourth-order valence-corrected chi connectivity index (χ4v) is 2.55. The summed E-state index contributed by atoms with van der Waals surface area (Å²) in [5, 5.41) is 0.945. The Morgan fingerprint density at radius 3 is 2.38 bits per heavy atom. The van der Waals surface area contributed by atoms with Crippen LogP contribution in [-0.4, -0.2) is 20.5 Å². The summed E-state index contributed by atoms with van der Waals surface area (Å²) in [5.41, 5.74) is 1.36. The number of carbonyl (C=O) groups is 1. The van der Waals surface area contributed by atoms with Crippen molar-refractivity contribution in [1.82, 2.24) is 14.5 Å². The predicted octanol–water partition coefficient (Wildman–Crippen LogP) is 3.64. The molecule has 0 aliphatic heterocycles. The summed E-state index contributed by atoms with van der Waals surface area (Å²) in [5.74, 6) is 0.418. The Morgan fingerprint density at radius 1 is 0.875 bits per heavy atom. The molecule has 116 valence electrons. The molecule has 0 saturated heterocycles. The highest BCUT2D eigenvalue weighted by molar-refractivity contribution is 5.92. The van der Waals surface area contributed by atoms with Crippen LogP contribution in [0.1, 0.15) is 10.4 Å². The minimum atomic E-state index is -0.421. The maximum absolute atomic E-state index is 12.4. The van der Waals surface area contributed by atoms with E-state index in [1.807, 2.05) is 36.4 Å². The van der Waals surface area contributed by atoms with E-state index in [4.69, 9.17) is 4.74 Å². The number of ether oxygens (including phenoxy) is 1. The molecule has 0 N–H and O–H groups in total. The van der Waals surface area contributed by atoms with Crippen molar-refractivity contribution < 1.29 is 9.53 Å². The standard InChI is InChI=1S/C19H13N3O2/c23-18(14-7-2-1-3-8-14)24-17-13-15-9-4-5-10-16(15)22(17)19-20-11-6-12-21-19/h1-13H. The van der Waals surface area contributed by atoms with Gasteiger partial charge in [0, 0.05) is 23.8 Å². The second-order valence-electron chi connectivity index (χ2n) is 5.18. The third-order valence-corrected chi connectivity index (χ3v) is 3.64. The van der Waals surface area contributed by atoms with Gasteiger partial charge in [-0.05, 0) is 24.3 Å². The van der Waals surface area contributed by atoms with Crippen molar-refractivity contribution in [3.8, 4) is 11.8 Å². The monoisotopic (exact) mass is 315 g/mol. The second kappa shape index (κ2) is 5.96. The van der Waals surface area contributed by atoms with Gasteiger partial charge in [0.25, 0.3) is 0 Å². The summed E-state index contributed by atoms with van der Waals surface area (Å²) in [6, 6.07) is 20.2. The fourth-order valence-electron chi connectivity index (χ4n) is 2.55. The van der Waals surface area contributed by atoms with Gasteiger partial charge in [-0.2, -0.15) is 0 Å². The molecule has 0 spiro atoms. The summed E-state index contributed by atoms with van der Waals surface area (Å²) in [6.45, 7) is 0. The molecule has 0 bridgehead atoms. The maximum atomic E-state index is 12.4. The number of carbonyl (C=O) groups excluding carboxylic acids is 1. The molecule has 0 unspecified atom stereocenters. The smallest absolute Gasteiger partial charge is 0.344 e. The molecule has 0 radical (unpaired) electrons. The van der Waals surface area contributed by atoms with Crippen LogP contribution in [0.3, 0.4) is 0 Å². The zero-order valence-electron chi connectivity index (χ0n) is 12.7. The highest BCUT2D eigenvalue weighted by atomic mass is 16.5. The van der Waals surface area contributed by atoms with Crippen LogP contribution in [0.4, 0.5) is 0 Å². The molecular formula is C19H13N3O2. The van der Waals surface area contributed by atoms with E-state index in [9.17, 15) is 4.79 Å². The minimum absolute atomic E-state index is 0.385. The highest BCUT2D eigenvalue weighted by Crippen LogP contribution is 2.28. The third-order valence-electron chi connectivity index (χ3n) is 3.64. The number of hydrogen-bond acceptors (Lipinski definition) is 4. The van der Waals surface area contributed by atoms with Gasteiger partial charge in [0.15, 0.2) is 0 Å². The lowest BCUT2D eigenvalue weighted by atomic mass is 10.2. The van der Waals surface area contributed by atoms with E-state index < -0.39 is 5.97 Å². The van der Waals surface area contributed by atoms with Crippen LogP contribution in [0.2, 0.25) is 0 Å². The lowest BCUT2D eigenvalue weighted by Crippen LogP contribution is -2.12. The summed E-state index contributed by atoms with van der Waals surface area (Å²) >= 11 is 0. The molecule has 0 aliphatic rings. The van der Waals surface area contributed by atoms with Crippen molar-refractivity contribution in [3.05, 3.63) is 84.7 Å². The largest absolute Gasteiger partial charge is 0.405 e. The lowest BCUT2D eigenvalue weighted by molar-refractivity contribution is 0.0725. The third kappa shape index (κ3) is 2.52. The maximum Gasteiger partial charge on any atom is 0.344 e. The van der Waals surface area contributed by atoms with E-state index >= 15 is 0 Å². The molecule has 0 aliphatic carbocycles. The van der Waals surface area contributed by atoms with Gasteiger partial charge in [-0.25, -0.2) is 19.3 Å². The molecule has 5 nitrogen and oxygen atoms in total. The molecule has 2 aromatic heterocycles. The number of rotatable bonds is 3. The molecule has 5 heteroatoms. The topological polar surface area (TPSA) is 57.0 Å². The molecule has 2 heterocycles. The van der Waals surface area contributed by atoms with Crippen molar-refractivity contribution in [2.45, 2.75) is 0 Å². The van der Waals surface area contributed by atoms with E-state index in [1.165, 1.54) is 0 Å². The second-order valence-corrected chi connectivity index (χ2v) is 5.18. The summed E-state index contributed by atoms with van der Waals surface area (Å²) in [6.07, 6.45) is 3.31. The fraction of sp³-hybridized carbons (Fsp3) is 0. The first-order valence-corrected chi connectivity index (χ1v) is 7.48. The first-order chi connectivity index (χ1) is 11.8. The van der Waals surface area contributed by atoms with Gasteiger partial charge < -0.3 is 4.74 Å². The van der Waals surface area contributed by atoms with Crippen LogP contribution in [0.25, 0.3) is 16.9 Å². The molecule has 0 fully saturated rings. The number of para-hydroxylation sites is 1. The molecule has 2 aromatic carbocycles. The Kier molecular flexibility index (Phi) is 3.51. The zero-order valence-corrected chi connectivity index (χ0v) is 12.7. The van der Waals surface area contributed by atoms with E-state index in [-0.39, 0.29) is 0 Å². The van der Waals surface area contributed by atoms with Gasteiger partial charge in [0.2, 0.25) is 11.8 Å². The molecular weight excluding hydrogens is 302 g/mol. The van der Waals surface area contributed by atoms with Gasteiger partial charge in [-0.1, -0.05) is 36.4 Å². The summed E-state index contributed by atoms with van der Waals surface area (Å²) in [4.78, 5) is 20.9. The normalized spacial score (nSPS) is 10.7. The average Bonchev–Trinajstić information content (AvgIpc) is 3.01. The average molecular weight is 315 g/mol. The molecule has 0 atom stereocenters. The van der Waals surface area contributed by atoms with Crippen LogP contribution < -0.4 is 4.74 Å². The van der Waals surface area contributed by atoms with Gasteiger partial charge in [-0.15, -0.1) is 0 Å². The number of benzene rings is 2. The van der Waals surface area contributed by atoms with E-state index in [1.54, 1.807) is 47.3 Å². The first-order valence-electron chi connectivity index (χ1n) is 7.48. The van der Waals surface area contributed by atoms with Crippen molar-refractivity contribution in [2.24, 2.45) is 0 Å². The van der Waals surface area contributed by atoms with Gasteiger partial charge >= 0.3 is 5.97 Å². The first kappa shape index (κ1) is 14.1. The number of nitrogens with zero attached hydrogens (tertiary/aromatic N) is 3. The molecule has 4 rings (SSSR count). The Bertz CT molecular complexity index is 995. The molecule has 0 saturated carbocycles. The molecule has 4 aromatic rings. The van der Waals surface area contributed by atoms with Crippen LogP contribution in [0.5, 0.6) is 5.88 Å². The van der Waals surface area contributed by atoms with Crippen LogP contribution >= 0.6 is 0 Å². The Labute approximate surface area is 138 Å². The minimum Gasteiger partial charge on any atom is -0.405 e. The molecule has 0 amide bonds. The Balaban J connectivity index is 1.82. The lowest BCUT2D eigenvalue weighted by Gasteiger charge is -2.09. The van der Waals surface area contributed by atoms with Crippen molar-refractivity contribution >= 4 is 16.9 Å². The van der Waals surface area contributed by atoms with Gasteiger partial charge in [0.1, 0.15) is 0 Å². The number of esters is 1. The zero-order chi connectivity index (χ0) is 16.4. The van der Waals surface area contributed by atoms with Crippen molar-refractivity contribution in [2.75, 3.05) is 0 Å². The van der Waals surface area contributed by atoms with E-state index in [0.29, 0.717) is 17.4 Å². The van der Waals surface area contributed by atoms with Crippen LogP contribution in [0.15, 0.2) is 79.1 Å². The van der Waals surface area contributed by atoms with Crippen LogP contribution in [-0.2, 0) is 0 Å². The summed E-state index contributed by atoms with van der Waals surface area (Å²) in [7, 11) is 0. The van der Waals surface area contributed by atoms with Gasteiger partial charge in [-0.3, -0.25) is 0 Å². The highest BCUT2D eigenvalue weighted by Gasteiger charge is 2.17. The van der Waals surface area contributed by atoms with Crippen molar-refractivity contribution in [1.29, 1.82) is 0 Å². The van der Waals surface area contributed by atoms with Gasteiger partial charge in [0.05, 0.1) is 11.1 Å². The predicted molar refractivity (Wildman–Crippen MR) is 90.3 cm³/mol. The van der Waals surface area contributed by atoms with E-state index in [0.717, 1.165) is 10.9 Å². The molecule has 24 heavy (non-hydrogen) atoms.